The summed E-state index contributed by atoms with van der Waals surface area (Å²) < 4.78 is 0. The number of carboxylic acids is 3. The number of carboxylic acid groups (broad SMARTS) is 3. The maximum atomic E-state index is 10.1. The van der Waals surface area contributed by atoms with E-state index in [0.717, 1.165) is 0 Å². The molecule has 0 aliphatic carbocycles. The Labute approximate surface area is 155 Å². The van der Waals surface area contributed by atoms with Crippen LogP contribution >= 0.6 is 0 Å². The van der Waals surface area contributed by atoms with Crippen LogP contribution in [0.4, 0.5) is 0 Å². The molecule has 0 saturated heterocycles. The Morgan fingerprint density at radius 2 is 1.15 bits per heavy atom. The molecule has 0 bridgehead atoms. The quantitative estimate of drug-likeness (QED) is 0.194. The number of hydrogen-bond acceptors (Lipinski definition) is 8. The van der Waals surface area contributed by atoms with E-state index in [9.17, 15) is 24.0 Å². The van der Waals surface area contributed by atoms with Crippen LogP contribution < -0.4 is 28.7 Å². The average Bonchev–Trinajstić information content (AvgIpc) is 2.51. The molecular formula is C14H29N5O8. The molecular weight excluding hydrogens is 366 g/mol. The van der Waals surface area contributed by atoms with Crippen molar-refractivity contribution in [3.63, 3.8) is 0 Å². The summed E-state index contributed by atoms with van der Waals surface area (Å²) in [6, 6.07) is -2.86. The second-order valence-electron chi connectivity index (χ2n) is 5.67. The lowest BCUT2D eigenvalue weighted by Crippen LogP contribution is -2.34. The van der Waals surface area contributed by atoms with Gasteiger partial charge >= 0.3 is 17.9 Å². The summed E-state index contributed by atoms with van der Waals surface area (Å²) in [5, 5.41) is 24.5. The lowest BCUT2D eigenvalue weighted by atomic mass is 10.1. The van der Waals surface area contributed by atoms with Gasteiger partial charge in [-0.3, -0.25) is 24.0 Å². The molecule has 13 nitrogen and oxygen atoms in total. The van der Waals surface area contributed by atoms with Crippen LogP contribution in [0, 0.1) is 5.92 Å². The van der Waals surface area contributed by atoms with Gasteiger partial charge in [0.15, 0.2) is 0 Å². The van der Waals surface area contributed by atoms with Gasteiger partial charge < -0.3 is 44.0 Å². The van der Waals surface area contributed by atoms with Gasteiger partial charge in [0.25, 0.3) is 0 Å². The fourth-order valence-corrected chi connectivity index (χ4v) is 1.01. The highest BCUT2D eigenvalue weighted by Gasteiger charge is 2.14. The van der Waals surface area contributed by atoms with Crippen LogP contribution in [0.25, 0.3) is 0 Å². The number of amides is 2. The molecule has 0 fully saturated rings. The Balaban J connectivity index is -0.000000322. The van der Waals surface area contributed by atoms with E-state index in [1.54, 1.807) is 13.8 Å². The van der Waals surface area contributed by atoms with Crippen LogP contribution in [-0.4, -0.2) is 63.2 Å². The van der Waals surface area contributed by atoms with Gasteiger partial charge in [0.2, 0.25) is 11.8 Å². The molecule has 27 heavy (non-hydrogen) atoms. The summed E-state index contributed by atoms with van der Waals surface area (Å²) in [6.45, 7) is 3.55. The van der Waals surface area contributed by atoms with Crippen molar-refractivity contribution in [3.05, 3.63) is 0 Å². The Hall–Kier alpha value is -2.77. The van der Waals surface area contributed by atoms with Gasteiger partial charge in [-0.15, -0.1) is 0 Å². The predicted octanol–water partition coefficient (Wildman–Crippen LogP) is -3.01. The minimum Gasteiger partial charge on any atom is -0.480 e. The third kappa shape index (κ3) is 21.2. The highest BCUT2D eigenvalue weighted by molar-refractivity contribution is 5.83. The molecule has 0 aromatic carbocycles. The lowest BCUT2D eigenvalue weighted by molar-refractivity contribution is -0.140. The third-order valence-electron chi connectivity index (χ3n) is 2.76. The Morgan fingerprint density at radius 3 is 1.30 bits per heavy atom. The molecule has 0 heterocycles. The zero-order valence-corrected chi connectivity index (χ0v) is 15.2. The highest BCUT2D eigenvalue weighted by atomic mass is 16.4. The molecule has 0 radical (unpaired) electrons. The lowest BCUT2D eigenvalue weighted by Gasteiger charge is -2.07. The van der Waals surface area contributed by atoms with E-state index in [4.69, 9.17) is 38.3 Å². The van der Waals surface area contributed by atoms with Crippen molar-refractivity contribution in [2.24, 2.45) is 34.6 Å². The summed E-state index contributed by atoms with van der Waals surface area (Å²) in [5.74, 6) is -4.47. The zero-order chi connectivity index (χ0) is 22.3. The van der Waals surface area contributed by atoms with E-state index < -0.39 is 47.8 Å². The smallest absolute Gasteiger partial charge is 0.321 e. The van der Waals surface area contributed by atoms with Crippen molar-refractivity contribution in [1.82, 2.24) is 0 Å². The molecule has 158 valence electrons. The molecule has 3 atom stereocenters. The average molecular weight is 395 g/mol. The van der Waals surface area contributed by atoms with E-state index in [1.165, 1.54) is 0 Å². The first kappa shape index (κ1) is 29.0. The van der Waals surface area contributed by atoms with Crippen molar-refractivity contribution in [3.8, 4) is 0 Å². The van der Waals surface area contributed by atoms with Gasteiger partial charge in [0.05, 0.1) is 6.42 Å². The van der Waals surface area contributed by atoms with Gasteiger partial charge in [-0.05, 0) is 12.3 Å². The van der Waals surface area contributed by atoms with E-state index in [2.05, 4.69) is 5.73 Å². The van der Waals surface area contributed by atoms with Gasteiger partial charge in [0.1, 0.15) is 18.1 Å². The first-order valence-electron chi connectivity index (χ1n) is 7.65. The number of carbonyl (C=O) groups is 5. The van der Waals surface area contributed by atoms with Crippen LogP contribution in [0.5, 0.6) is 0 Å². The molecule has 0 rings (SSSR count). The maximum absolute atomic E-state index is 10.1. The molecule has 13 heteroatoms. The zero-order valence-electron chi connectivity index (χ0n) is 15.2. The minimum atomic E-state index is -1.21. The number of rotatable bonds is 9. The summed E-state index contributed by atoms with van der Waals surface area (Å²) in [7, 11) is 0. The normalized spacial score (nSPS) is 13.0. The summed E-state index contributed by atoms with van der Waals surface area (Å²) in [4.78, 5) is 50.0. The second kappa shape index (κ2) is 15.5. The Morgan fingerprint density at radius 1 is 0.741 bits per heavy atom. The van der Waals surface area contributed by atoms with E-state index in [1.807, 2.05) is 0 Å². The molecule has 0 unspecified atom stereocenters. The monoisotopic (exact) mass is 395 g/mol. The fourth-order valence-electron chi connectivity index (χ4n) is 1.01. The standard InChI is InChI=1S/C5H10N2O3.C5H11NO2.C4H8N2O3/c6-3(5(9)10)1-2-4(7)8;1-3(2)4(6)5(7)8;5-2(4(8)9)1-3(6)7/h3H,1-2,6H2,(H2,7,8)(H,9,10);3-4H,6H2,1-2H3,(H,7,8);2H,1,5H2,(H2,6,7)(H,8,9)/t3-;4-;2-/m000/s1. The van der Waals surface area contributed by atoms with Crippen molar-refractivity contribution < 1.29 is 39.3 Å². The summed E-state index contributed by atoms with van der Waals surface area (Å²) >= 11 is 0. The number of hydrogen-bond donors (Lipinski definition) is 8. The minimum absolute atomic E-state index is 0.0208. The van der Waals surface area contributed by atoms with Crippen molar-refractivity contribution in [1.29, 1.82) is 0 Å². The molecule has 0 aromatic heterocycles. The summed E-state index contributed by atoms with van der Waals surface area (Å²) in [5.41, 5.74) is 24.5. The molecule has 0 aliphatic heterocycles. The molecule has 13 N–H and O–H groups in total. The molecule has 0 spiro atoms. The van der Waals surface area contributed by atoms with Crippen LogP contribution in [0.1, 0.15) is 33.1 Å². The van der Waals surface area contributed by atoms with Crippen molar-refractivity contribution in [2.45, 2.75) is 51.2 Å². The first-order chi connectivity index (χ1) is 12.1. The van der Waals surface area contributed by atoms with Crippen LogP contribution in [0.3, 0.4) is 0 Å². The largest absolute Gasteiger partial charge is 0.480 e. The first-order valence-corrected chi connectivity index (χ1v) is 7.65. The SMILES string of the molecule is CC(C)[C@H](N)C(=O)O.NC(=O)CC[C@H](N)C(=O)O.NC(=O)C[C@H](N)C(=O)O. The van der Waals surface area contributed by atoms with E-state index in [-0.39, 0.29) is 25.2 Å². The van der Waals surface area contributed by atoms with Crippen molar-refractivity contribution >= 4 is 29.7 Å². The number of carbonyl (C=O) groups excluding carboxylic acids is 2. The van der Waals surface area contributed by atoms with Gasteiger partial charge in [-0.1, -0.05) is 13.8 Å². The topological polar surface area (TPSA) is 276 Å². The van der Waals surface area contributed by atoms with Crippen LogP contribution in [0.15, 0.2) is 0 Å². The van der Waals surface area contributed by atoms with Gasteiger partial charge in [-0.2, -0.15) is 0 Å². The van der Waals surface area contributed by atoms with Crippen molar-refractivity contribution in [2.75, 3.05) is 0 Å². The Bertz CT molecular complexity index is 512. The second-order valence-corrected chi connectivity index (χ2v) is 5.67. The number of primary amides is 2. The Kier molecular flexibility index (Phi) is 16.6. The van der Waals surface area contributed by atoms with Gasteiger partial charge in [-0.25, -0.2) is 0 Å². The van der Waals surface area contributed by atoms with E-state index >= 15 is 0 Å². The maximum Gasteiger partial charge on any atom is 0.321 e. The molecule has 2 amide bonds. The third-order valence-corrected chi connectivity index (χ3v) is 2.76. The summed E-state index contributed by atoms with van der Waals surface area (Å²) in [6.07, 6.45) is -0.187. The van der Waals surface area contributed by atoms with Crippen LogP contribution in [-0.2, 0) is 24.0 Å². The number of nitrogens with two attached hydrogens (primary N) is 5. The fraction of sp³-hybridized carbons (Fsp3) is 0.643. The highest BCUT2D eigenvalue weighted by Crippen LogP contribution is 1.96. The molecule has 0 aliphatic rings. The predicted molar refractivity (Wildman–Crippen MR) is 93.9 cm³/mol. The van der Waals surface area contributed by atoms with Gasteiger partial charge in [0, 0.05) is 6.42 Å². The van der Waals surface area contributed by atoms with Crippen LogP contribution in [0.2, 0.25) is 0 Å². The van der Waals surface area contributed by atoms with E-state index in [0.29, 0.717) is 0 Å². The molecule has 0 saturated carbocycles. The molecule has 0 aromatic rings. The number of aliphatic carboxylic acids is 3.